The average molecular weight is 1130 g/mol. The number of aryl methyl sites for hydroxylation is 4. The standard InChI is InChI=1S/C58H66BrClN6O7SSi/c1-37-52(50(62-64(37)6)34-66(27-29-72-57(69)39-19-21-41(59)22-20-39)33-42-31-43(65(7)61-42)35-73-75(9,10)58(2,3)4)53-49(60)26-25-48-47(55(56(67)68)63(5)54(48)53)16-13-28-71-51-32-45(30-40-14-11-12-15-46(40)51)74-36-38-17-23-44(70-8)24-18-38/h11-12,14-15,17-26,30-32H,13,16,27-29,33-36H2,1-10H3,(H,67,68). The first-order chi connectivity index (χ1) is 35.7. The topological polar surface area (TPSA) is 135 Å². The Kier molecular flexibility index (Phi) is 17.4. The number of carbonyl (C=O) groups excluding carboxylic acids is 1. The summed E-state index contributed by atoms with van der Waals surface area (Å²) in [5.41, 5.74) is 8.11. The zero-order chi connectivity index (χ0) is 53.8. The van der Waals surface area contributed by atoms with Gasteiger partial charge in [0.15, 0.2) is 8.32 Å². The Labute approximate surface area is 458 Å². The smallest absolute Gasteiger partial charge is 0.352 e. The van der Waals surface area contributed by atoms with Crippen molar-refractivity contribution in [2.45, 2.75) is 89.0 Å². The van der Waals surface area contributed by atoms with E-state index in [1.807, 2.05) is 78.9 Å². The van der Waals surface area contributed by atoms with E-state index in [-0.39, 0.29) is 17.3 Å². The van der Waals surface area contributed by atoms with Crippen molar-refractivity contribution in [2.24, 2.45) is 21.1 Å². The van der Waals surface area contributed by atoms with Gasteiger partial charge in [0.2, 0.25) is 0 Å². The number of fused-ring (bicyclic) bond motifs is 2. The maximum absolute atomic E-state index is 13.3. The fraction of sp³-hybridized carbons (Fsp3) is 0.345. The van der Waals surface area contributed by atoms with Crippen LogP contribution in [0.2, 0.25) is 23.2 Å². The molecule has 0 bridgehead atoms. The second-order valence-electron chi connectivity index (χ2n) is 20.4. The van der Waals surface area contributed by atoms with Crippen molar-refractivity contribution in [3.63, 3.8) is 0 Å². The maximum atomic E-state index is 13.3. The van der Waals surface area contributed by atoms with Crippen LogP contribution in [0.3, 0.4) is 0 Å². The van der Waals surface area contributed by atoms with Gasteiger partial charge in [0, 0.05) is 83.5 Å². The van der Waals surface area contributed by atoms with Gasteiger partial charge in [-0.15, -0.1) is 11.8 Å². The molecule has 3 heterocycles. The van der Waals surface area contributed by atoms with Crippen LogP contribution in [0.4, 0.5) is 0 Å². The Morgan fingerprint density at radius 1 is 0.867 bits per heavy atom. The van der Waals surface area contributed by atoms with Crippen molar-refractivity contribution < 1.29 is 33.3 Å². The van der Waals surface area contributed by atoms with Crippen LogP contribution < -0.4 is 9.47 Å². The number of nitrogens with zero attached hydrogens (tertiary/aromatic N) is 6. The zero-order valence-electron chi connectivity index (χ0n) is 44.4. The molecule has 0 saturated heterocycles. The maximum Gasteiger partial charge on any atom is 0.352 e. The minimum atomic E-state index is -2.03. The molecule has 394 valence electrons. The van der Waals surface area contributed by atoms with Gasteiger partial charge in [-0.25, -0.2) is 9.59 Å². The number of carbonyl (C=O) groups is 2. The molecule has 1 N–H and O–H groups in total. The lowest BCUT2D eigenvalue weighted by molar-refractivity contribution is 0.0452. The van der Waals surface area contributed by atoms with Gasteiger partial charge < -0.3 is 28.3 Å². The molecule has 13 nitrogen and oxygen atoms in total. The lowest BCUT2D eigenvalue weighted by atomic mass is 9.97. The number of methoxy groups -OCH3 is 1. The van der Waals surface area contributed by atoms with Gasteiger partial charge in [-0.2, -0.15) is 10.2 Å². The number of thioether (sulfide) groups is 1. The second-order valence-corrected chi connectivity index (χ2v) is 27.6. The van der Waals surface area contributed by atoms with Gasteiger partial charge in [0.25, 0.3) is 0 Å². The number of halogens is 2. The number of carboxylic acids is 1. The number of benzene rings is 5. The van der Waals surface area contributed by atoms with Crippen molar-refractivity contribution in [2.75, 3.05) is 26.9 Å². The van der Waals surface area contributed by atoms with Crippen molar-refractivity contribution >= 4 is 81.2 Å². The minimum absolute atomic E-state index is 0.0547. The van der Waals surface area contributed by atoms with Crippen molar-refractivity contribution in [3.05, 3.63) is 158 Å². The first-order valence-electron chi connectivity index (χ1n) is 25.0. The van der Waals surface area contributed by atoms with Crippen LogP contribution in [0.15, 0.2) is 112 Å². The quantitative estimate of drug-likeness (QED) is 0.0301. The number of esters is 1. The number of hydrogen-bond donors (Lipinski definition) is 1. The third kappa shape index (κ3) is 12.7. The molecule has 0 aliphatic rings. The largest absolute Gasteiger partial charge is 0.497 e. The SMILES string of the molecule is COc1ccc(CSc2cc(OCCCc3c(C(=O)O)n(C)c4c(-c5c(CN(CCOC(=O)c6ccc(Br)cc6)Cc6cc(CO[Si](C)(C)C(C)(C)C)n(C)n6)nn(C)c5C)c(Cl)ccc34)c3ccccc3c2)cc1. The van der Waals surface area contributed by atoms with E-state index in [2.05, 4.69) is 97.2 Å². The first kappa shape index (κ1) is 55.4. The van der Waals surface area contributed by atoms with Gasteiger partial charge in [-0.1, -0.05) is 90.8 Å². The fourth-order valence-electron chi connectivity index (χ4n) is 9.09. The highest BCUT2D eigenvalue weighted by Crippen LogP contribution is 2.43. The summed E-state index contributed by atoms with van der Waals surface area (Å²) in [5.74, 6) is 0.946. The Morgan fingerprint density at radius 2 is 1.60 bits per heavy atom. The van der Waals surface area contributed by atoms with Gasteiger partial charge >= 0.3 is 11.9 Å². The Balaban J connectivity index is 1.06. The number of rotatable bonds is 22. The molecule has 0 aliphatic carbocycles. The van der Waals surface area contributed by atoms with E-state index in [4.69, 9.17) is 40.4 Å². The molecule has 75 heavy (non-hydrogen) atoms. The Morgan fingerprint density at radius 3 is 2.31 bits per heavy atom. The monoisotopic (exact) mass is 1130 g/mol. The highest BCUT2D eigenvalue weighted by Gasteiger charge is 2.37. The first-order valence-corrected chi connectivity index (χ1v) is 30.1. The number of aromatic carboxylic acids is 1. The summed E-state index contributed by atoms with van der Waals surface area (Å²) in [5, 5.41) is 24.3. The summed E-state index contributed by atoms with van der Waals surface area (Å²) in [6, 6.07) is 33.5. The molecule has 0 atom stereocenters. The molecule has 0 fully saturated rings. The highest BCUT2D eigenvalue weighted by atomic mass is 79.9. The van der Waals surface area contributed by atoms with Crippen LogP contribution in [0, 0.1) is 6.92 Å². The fourth-order valence-corrected chi connectivity index (χ4v) is 11.5. The van der Waals surface area contributed by atoms with E-state index in [0.29, 0.717) is 72.9 Å². The van der Waals surface area contributed by atoms with E-state index in [9.17, 15) is 14.7 Å². The molecule has 0 radical (unpaired) electrons. The lowest BCUT2D eigenvalue weighted by Gasteiger charge is -2.36. The van der Waals surface area contributed by atoms with Gasteiger partial charge in [-0.05, 0) is 115 Å². The molecule has 0 saturated carbocycles. The summed E-state index contributed by atoms with van der Waals surface area (Å²) >= 11 is 12.5. The molecule has 8 aromatic rings. The molecule has 0 unspecified atom stereocenters. The third-order valence-corrected chi connectivity index (χ3v) is 20.7. The summed E-state index contributed by atoms with van der Waals surface area (Å²) in [4.78, 5) is 29.7. The highest BCUT2D eigenvalue weighted by molar-refractivity contribution is 9.10. The van der Waals surface area contributed by atoms with E-state index >= 15 is 0 Å². The molecular formula is C58H66BrClN6O7SSi. The van der Waals surface area contributed by atoms with E-state index in [1.54, 1.807) is 42.6 Å². The second kappa shape index (κ2) is 23.6. The van der Waals surface area contributed by atoms with Gasteiger partial charge in [0.05, 0.1) is 53.5 Å². The van der Waals surface area contributed by atoms with Crippen LogP contribution in [-0.4, -0.2) is 81.3 Å². The molecule has 0 aliphatic heterocycles. The van der Waals surface area contributed by atoms with E-state index < -0.39 is 20.3 Å². The van der Waals surface area contributed by atoms with Gasteiger partial charge in [-0.3, -0.25) is 14.3 Å². The normalized spacial score (nSPS) is 12.1. The molecule has 5 aromatic carbocycles. The molecule has 0 spiro atoms. The number of hydrogen-bond acceptors (Lipinski definition) is 10. The number of ether oxygens (including phenoxy) is 3. The molecule has 17 heteroatoms. The summed E-state index contributed by atoms with van der Waals surface area (Å²) in [6.07, 6.45) is 1.01. The lowest BCUT2D eigenvalue weighted by Crippen LogP contribution is -2.40. The van der Waals surface area contributed by atoms with E-state index in [1.165, 1.54) is 5.56 Å². The molecule has 0 amide bonds. The summed E-state index contributed by atoms with van der Waals surface area (Å²) in [7, 11) is 5.25. The van der Waals surface area contributed by atoms with Crippen molar-refractivity contribution in [3.8, 4) is 22.6 Å². The van der Waals surface area contributed by atoms with Crippen LogP contribution in [0.1, 0.15) is 81.9 Å². The van der Waals surface area contributed by atoms with Crippen molar-refractivity contribution in [1.29, 1.82) is 0 Å². The predicted octanol–water partition coefficient (Wildman–Crippen LogP) is 13.6. The van der Waals surface area contributed by atoms with Crippen LogP contribution in [0.25, 0.3) is 32.8 Å². The Hall–Kier alpha value is -5.88. The third-order valence-electron chi connectivity index (χ3n) is 14.4. The number of aromatic nitrogens is 5. The van der Waals surface area contributed by atoms with Gasteiger partial charge in [0.1, 0.15) is 23.8 Å². The summed E-state index contributed by atoms with van der Waals surface area (Å²) < 4.78 is 30.7. The zero-order valence-corrected chi connectivity index (χ0v) is 48.6. The average Bonchev–Trinajstić information content (AvgIpc) is 3.99. The summed E-state index contributed by atoms with van der Waals surface area (Å²) in [6.45, 7) is 15.2. The van der Waals surface area contributed by atoms with Crippen LogP contribution >= 0.6 is 39.3 Å². The van der Waals surface area contributed by atoms with Crippen LogP contribution in [0.5, 0.6) is 11.5 Å². The van der Waals surface area contributed by atoms with E-state index in [0.717, 1.165) is 71.1 Å². The minimum Gasteiger partial charge on any atom is -0.497 e. The molecular weight excluding hydrogens is 1070 g/mol. The Bertz CT molecular complexity index is 3350. The number of carboxylic acid groups (broad SMARTS) is 1. The van der Waals surface area contributed by atoms with Crippen LogP contribution in [-0.2, 0) is 62.2 Å². The van der Waals surface area contributed by atoms with Crippen molar-refractivity contribution in [1.82, 2.24) is 29.0 Å². The predicted molar refractivity (Wildman–Crippen MR) is 306 cm³/mol. The molecule has 8 rings (SSSR count). The molecule has 3 aromatic heterocycles.